The molecule has 0 aliphatic heterocycles. The van der Waals surface area contributed by atoms with Crippen molar-refractivity contribution in [3.05, 3.63) is 28.2 Å². The molecule has 1 aliphatic rings. The predicted molar refractivity (Wildman–Crippen MR) is 67.7 cm³/mol. The molecule has 1 fully saturated rings. The van der Waals surface area contributed by atoms with E-state index < -0.39 is 0 Å². The molecular formula is C13H17BrO2. The quantitative estimate of drug-likeness (QED) is 0.900. The van der Waals surface area contributed by atoms with Gasteiger partial charge in [0.25, 0.3) is 0 Å². The third-order valence-electron chi connectivity index (χ3n) is 2.64. The number of ether oxygens (including phenoxy) is 1. The van der Waals surface area contributed by atoms with Gasteiger partial charge < -0.3 is 9.84 Å². The number of halogens is 1. The second-order valence-corrected chi connectivity index (χ2v) is 5.52. The standard InChI is InChI=1S/C13H17BrO2/c1-9(15)4-11-5-12(14)7-13(6-11)16-8-10-2-3-10/h5-7,9-10,15H,2-4,8H2,1H3. The predicted octanol–water partition coefficient (Wildman–Crippen LogP) is 3.16. The maximum atomic E-state index is 9.36. The van der Waals surface area contributed by atoms with Crippen LogP contribution in [0.3, 0.4) is 0 Å². The van der Waals surface area contributed by atoms with E-state index in [1.165, 1.54) is 12.8 Å². The van der Waals surface area contributed by atoms with Gasteiger partial charge >= 0.3 is 0 Å². The third-order valence-corrected chi connectivity index (χ3v) is 3.10. The lowest BCUT2D eigenvalue weighted by Gasteiger charge is -2.10. The summed E-state index contributed by atoms with van der Waals surface area (Å²) < 4.78 is 6.73. The van der Waals surface area contributed by atoms with E-state index in [1.807, 2.05) is 18.2 Å². The van der Waals surface area contributed by atoms with Crippen LogP contribution in [0.5, 0.6) is 5.75 Å². The maximum absolute atomic E-state index is 9.36. The highest BCUT2D eigenvalue weighted by molar-refractivity contribution is 9.10. The van der Waals surface area contributed by atoms with Gasteiger partial charge in [-0.25, -0.2) is 0 Å². The number of rotatable bonds is 5. The smallest absolute Gasteiger partial charge is 0.120 e. The Morgan fingerprint density at radius 1 is 1.44 bits per heavy atom. The molecule has 1 aliphatic carbocycles. The zero-order valence-corrected chi connectivity index (χ0v) is 11.0. The lowest BCUT2D eigenvalue weighted by molar-refractivity contribution is 0.195. The van der Waals surface area contributed by atoms with E-state index in [0.717, 1.165) is 28.3 Å². The Labute approximate surface area is 105 Å². The lowest BCUT2D eigenvalue weighted by Crippen LogP contribution is -2.05. The van der Waals surface area contributed by atoms with Gasteiger partial charge in [-0.3, -0.25) is 0 Å². The molecule has 0 amide bonds. The number of hydrogen-bond acceptors (Lipinski definition) is 2. The molecule has 0 bridgehead atoms. The molecule has 16 heavy (non-hydrogen) atoms. The number of aliphatic hydroxyl groups is 1. The molecule has 1 saturated carbocycles. The van der Waals surface area contributed by atoms with Gasteiger partial charge in [0, 0.05) is 4.47 Å². The zero-order valence-electron chi connectivity index (χ0n) is 9.45. The first-order chi connectivity index (χ1) is 7.63. The van der Waals surface area contributed by atoms with Gasteiger partial charge in [-0.2, -0.15) is 0 Å². The highest BCUT2D eigenvalue weighted by Gasteiger charge is 2.21. The van der Waals surface area contributed by atoms with Gasteiger partial charge in [0.2, 0.25) is 0 Å². The number of hydrogen-bond donors (Lipinski definition) is 1. The molecule has 1 N–H and O–H groups in total. The summed E-state index contributed by atoms with van der Waals surface area (Å²) >= 11 is 3.46. The van der Waals surface area contributed by atoms with Crippen molar-refractivity contribution in [3.8, 4) is 5.75 Å². The fraction of sp³-hybridized carbons (Fsp3) is 0.538. The largest absolute Gasteiger partial charge is 0.493 e. The van der Waals surface area contributed by atoms with Crippen LogP contribution in [0, 0.1) is 5.92 Å². The first kappa shape index (κ1) is 11.9. The van der Waals surface area contributed by atoms with Gasteiger partial charge in [0.1, 0.15) is 5.75 Å². The van der Waals surface area contributed by atoms with Crippen LogP contribution in [0.4, 0.5) is 0 Å². The van der Waals surface area contributed by atoms with Gasteiger partial charge in [0.15, 0.2) is 0 Å². The van der Waals surface area contributed by atoms with Crippen molar-refractivity contribution in [2.45, 2.75) is 32.3 Å². The molecule has 1 aromatic carbocycles. The average Bonchev–Trinajstić information content (AvgIpc) is 2.95. The van der Waals surface area contributed by atoms with E-state index in [0.29, 0.717) is 6.42 Å². The molecule has 88 valence electrons. The van der Waals surface area contributed by atoms with Gasteiger partial charge in [-0.1, -0.05) is 15.9 Å². The summed E-state index contributed by atoms with van der Waals surface area (Å²) in [5.74, 6) is 1.66. The number of aliphatic hydroxyl groups excluding tert-OH is 1. The maximum Gasteiger partial charge on any atom is 0.120 e. The van der Waals surface area contributed by atoms with Crippen molar-refractivity contribution in [1.29, 1.82) is 0 Å². The zero-order chi connectivity index (χ0) is 11.5. The molecule has 0 aromatic heterocycles. The minimum absolute atomic E-state index is 0.314. The fourth-order valence-electron chi connectivity index (χ4n) is 1.66. The van der Waals surface area contributed by atoms with Gasteiger partial charge in [-0.05, 0) is 55.9 Å². The highest BCUT2D eigenvalue weighted by atomic mass is 79.9. The van der Waals surface area contributed by atoms with E-state index in [1.54, 1.807) is 6.92 Å². The van der Waals surface area contributed by atoms with E-state index in [4.69, 9.17) is 4.74 Å². The summed E-state index contributed by atoms with van der Waals surface area (Å²) in [4.78, 5) is 0. The topological polar surface area (TPSA) is 29.5 Å². The summed E-state index contributed by atoms with van der Waals surface area (Å²) in [7, 11) is 0. The van der Waals surface area contributed by atoms with Crippen LogP contribution in [0.15, 0.2) is 22.7 Å². The second kappa shape index (κ2) is 5.19. The normalized spacial score (nSPS) is 17.2. The van der Waals surface area contributed by atoms with Crippen LogP contribution in [-0.2, 0) is 6.42 Å². The summed E-state index contributed by atoms with van der Waals surface area (Å²) in [5.41, 5.74) is 1.11. The molecule has 3 heteroatoms. The Morgan fingerprint density at radius 3 is 2.81 bits per heavy atom. The molecule has 1 unspecified atom stereocenters. The monoisotopic (exact) mass is 284 g/mol. The van der Waals surface area contributed by atoms with Crippen molar-refractivity contribution in [2.24, 2.45) is 5.92 Å². The van der Waals surface area contributed by atoms with Gasteiger partial charge in [-0.15, -0.1) is 0 Å². The molecule has 0 radical (unpaired) electrons. The molecular weight excluding hydrogens is 268 g/mol. The van der Waals surface area contributed by atoms with Crippen LogP contribution >= 0.6 is 15.9 Å². The van der Waals surface area contributed by atoms with Crippen LogP contribution in [0.1, 0.15) is 25.3 Å². The van der Waals surface area contributed by atoms with E-state index >= 15 is 0 Å². The summed E-state index contributed by atoms with van der Waals surface area (Å²) in [6, 6.07) is 6.02. The third kappa shape index (κ3) is 3.80. The van der Waals surface area contributed by atoms with Crippen LogP contribution < -0.4 is 4.74 Å². The summed E-state index contributed by atoms with van der Waals surface area (Å²) in [6.07, 6.45) is 2.95. The number of benzene rings is 1. The fourth-order valence-corrected chi connectivity index (χ4v) is 2.18. The molecule has 0 spiro atoms. The van der Waals surface area contributed by atoms with E-state index in [-0.39, 0.29) is 6.10 Å². The van der Waals surface area contributed by atoms with Crippen molar-refractivity contribution >= 4 is 15.9 Å². The van der Waals surface area contributed by atoms with Crippen molar-refractivity contribution < 1.29 is 9.84 Å². The van der Waals surface area contributed by atoms with E-state index in [2.05, 4.69) is 15.9 Å². The minimum atomic E-state index is -0.314. The van der Waals surface area contributed by atoms with Crippen LogP contribution in [0.25, 0.3) is 0 Å². The minimum Gasteiger partial charge on any atom is -0.493 e. The lowest BCUT2D eigenvalue weighted by atomic mass is 10.1. The SMILES string of the molecule is CC(O)Cc1cc(Br)cc(OCC2CC2)c1. The Morgan fingerprint density at radius 2 is 2.19 bits per heavy atom. The molecule has 2 rings (SSSR count). The van der Waals surface area contributed by atoms with Crippen molar-refractivity contribution in [2.75, 3.05) is 6.61 Å². The summed E-state index contributed by atoms with van der Waals surface area (Å²) in [6.45, 7) is 2.62. The molecule has 1 aromatic rings. The molecule has 2 nitrogen and oxygen atoms in total. The average molecular weight is 285 g/mol. The molecule has 1 atom stereocenters. The van der Waals surface area contributed by atoms with Crippen molar-refractivity contribution in [3.63, 3.8) is 0 Å². The van der Waals surface area contributed by atoms with Gasteiger partial charge in [0.05, 0.1) is 12.7 Å². The Bertz CT molecular complexity index is 359. The first-order valence-corrected chi connectivity index (χ1v) is 6.53. The highest BCUT2D eigenvalue weighted by Crippen LogP contribution is 2.30. The first-order valence-electron chi connectivity index (χ1n) is 5.74. The molecule has 0 heterocycles. The van der Waals surface area contributed by atoms with Crippen LogP contribution in [-0.4, -0.2) is 17.8 Å². The second-order valence-electron chi connectivity index (χ2n) is 4.60. The van der Waals surface area contributed by atoms with E-state index in [9.17, 15) is 5.11 Å². The van der Waals surface area contributed by atoms with Crippen LogP contribution in [0.2, 0.25) is 0 Å². The Hall–Kier alpha value is -0.540. The summed E-state index contributed by atoms with van der Waals surface area (Å²) in [5, 5.41) is 9.36. The molecule has 0 saturated heterocycles. The van der Waals surface area contributed by atoms with Crippen molar-refractivity contribution in [1.82, 2.24) is 0 Å². The Balaban J connectivity index is 2.01. The Kier molecular flexibility index (Phi) is 3.87.